The molecule has 0 aliphatic heterocycles. The van der Waals surface area contributed by atoms with E-state index >= 15 is 0 Å². The molecule has 0 amide bonds. The average Bonchev–Trinajstić information content (AvgIpc) is 2.57. The van der Waals surface area contributed by atoms with Crippen LogP contribution in [0.4, 0.5) is 5.69 Å². The van der Waals surface area contributed by atoms with E-state index in [-0.39, 0.29) is 18.8 Å². The number of ether oxygens (including phenoxy) is 2. The smallest absolute Gasteiger partial charge is 0.347 e. The molecule has 0 spiro atoms. The van der Waals surface area contributed by atoms with Gasteiger partial charge in [-0.1, -0.05) is 12.1 Å². The van der Waals surface area contributed by atoms with Gasteiger partial charge in [-0.05, 0) is 38.5 Å². The Bertz CT molecular complexity index is 764. The minimum absolute atomic E-state index is 0.175. The number of anilines is 1. The van der Waals surface area contributed by atoms with Crippen molar-refractivity contribution < 1.29 is 19.1 Å². The van der Waals surface area contributed by atoms with Gasteiger partial charge in [0.1, 0.15) is 0 Å². The van der Waals surface area contributed by atoms with Crippen LogP contribution in [0.1, 0.15) is 19.4 Å². The summed E-state index contributed by atoms with van der Waals surface area (Å²) in [7, 11) is 0. The number of benzene rings is 1. The van der Waals surface area contributed by atoms with Crippen molar-refractivity contribution in [3.05, 3.63) is 47.8 Å². The second kappa shape index (κ2) is 8.10. The van der Waals surface area contributed by atoms with E-state index in [1.807, 2.05) is 31.2 Å². The van der Waals surface area contributed by atoms with Crippen LogP contribution in [0.3, 0.4) is 0 Å². The fourth-order valence-electron chi connectivity index (χ4n) is 2.22. The first-order valence-electron chi connectivity index (χ1n) is 7.73. The predicted octanol–water partition coefficient (Wildman–Crippen LogP) is 2.97. The number of esters is 2. The number of nitrogens with zero attached hydrogens (tertiary/aromatic N) is 1. The molecule has 0 saturated carbocycles. The lowest BCUT2D eigenvalue weighted by Gasteiger charge is -2.10. The van der Waals surface area contributed by atoms with Crippen LogP contribution in [-0.2, 0) is 19.1 Å². The molecule has 0 fully saturated rings. The Hall–Kier alpha value is -2.89. The van der Waals surface area contributed by atoms with Crippen LogP contribution < -0.4 is 5.32 Å². The molecule has 1 aromatic carbocycles. The van der Waals surface area contributed by atoms with Gasteiger partial charge in [-0.2, -0.15) is 0 Å². The summed E-state index contributed by atoms with van der Waals surface area (Å²) in [4.78, 5) is 28.2. The van der Waals surface area contributed by atoms with Crippen molar-refractivity contribution in [2.45, 2.75) is 20.8 Å². The lowest BCUT2D eigenvalue weighted by atomic mass is 10.1. The van der Waals surface area contributed by atoms with Gasteiger partial charge in [-0.3, -0.25) is 4.98 Å². The Balaban J connectivity index is 2.32. The number of aromatic nitrogens is 1. The van der Waals surface area contributed by atoms with Gasteiger partial charge in [0.2, 0.25) is 0 Å². The summed E-state index contributed by atoms with van der Waals surface area (Å²) in [6, 6.07) is 7.62. The average molecular weight is 328 g/mol. The van der Waals surface area contributed by atoms with E-state index in [1.54, 1.807) is 20.0 Å². The monoisotopic (exact) mass is 328 g/mol. The largest absolute Gasteiger partial charge is 0.462 e. The molecule has 126 valence electrons. The SMILES string of the molecule is CCOC(=O)C(=CNc1ccc2cccnc2c1C)C(=O)OCC. The summed E-state index contributed by atoms with van der Waals surface area (Å²) < 4.78 is 9.80. The standard InChI is InChI=1S/C18H20N2O4/c1-4-23-17(21)14(18(22)24-5-2)11-20-15-9-8-13-7-6-10-19-16(13)12(15)3/h6-11,20H,4-5H2,1-3H3. The van der Waals surface area contributed by atoms with Crippen LogP contribution in [0.15, 0.2) is 42.2 Å². The topological polar surface area (TPSA) is 77.5 Å². The summed E-state index contributed by atoms with van der Waals surface area (Å²) in [6.07, 6.45) is 3.03. The van der Waals surface area contributed by atoms with Crippen LogP contribution in [0.25, 0.3) is 10.9 Å². The maximum atomic E-state index is 11.9. The first kappa shape index (κ1) is 17.5. The highest BCUT2D eigenvalue weighted by atomic mass is 16.6. The summed E-state index contributed by atoms with van der Waals surface area (Å²) in [6.45, 7) is 5.61. The molecule has 1 N–H and O–H groups in total. The van der Waals surface area contributed by atoms with Crippen molar-refractivity contribution in [2.24, 2.45) is 0 Å². The number of rotatable bonds is 6. The molecule has 0 aliphatic rings. The van der Waals surface area contributed by atoms with Gasteiger partial charge >= 0.3 is 11.9 Å². The number of aryl methyl sites for hydroxylation is 1. The van der Waals surface area contributed by atoms with Crippen LogP contribution >= 0.6 is 0 Å². The van der Waals surface area contributed by atoms with Crippen LogP contribution in [0.2, 0.25) is 0 Å². The Morgan fingerprint density at radius 3 is 2.42 bits per heavy atom. The second-order valence-corrected chi connectivity index (χ2v) is 4.96. The minimum Gasteiger partial charge on any atom is -0.462 e. The van der Waals surface area contributed by atoms with Gasteiger partial charge < -0.3 is 14.8 Å². The number of hydrogen-bond acceptors (Lipinski definition) is 6. The molecule has 0 bridgehead atoms. The number of nitrogens with one attached hydrogen (secondary N) is 1. The highest BCUT2D eigenvalue weighted by Gasteiger charge is 2.21. The van der Waals surface area contributed by atoms with E-state index in [0.29, 0.717) is 0 Å². The summed E-state index contributed by atoms with van der Waals surface area (Å²) >= 11 is 0. The quantitative estimate of drug-likeness (QED) is 0.380. The molecule has 0 atom stereocenters. The van der Waals surface area contributed by atoms with Gasteiger partial charge in [0.15, 0.2) is 5.57 Å². The fourth-order valence-corrected chi connectivity index (χ4v) is 2.22. The van der Waals surface area contributed by atoms with Crippen LogP contribution in [0.5, 0.6) is 0 Å². The number of pyridine rings is 1. The summed E-state index contributed by atoms with van der Waals surface area (Å²) in [5.74, 6) is -1.44. The second-order valence-electron chi connectivity index (χ2n) is 4.96. The van der Waals surface area contributed by atoms with Gasteiger partial charge in [-0.15, -0.1) is 0 Å². The zero-order chi connectivity index (χ0) is 17.5. The van der Waals surface area contributed by atoms with Crippen molar-refractivity contribution in [1.82, 2.24) is 4.98 Å². The molecule has 6 nitrogen and oxygen atoms in total. The molecule has 2 rings (SSSR count). The predicted molar refractivity (Wildman–Crippen MR) is 91.5 cm³/mol. The van der Waals surface area contributed by atoms with Crippen molar-refractivity contribution in [3.63, 3.8) is 0 Å². The molecule has 6 heteroatoms. The van der Waals surface area contributed by atoms with Crippen molar-refractivity contribution in [2.75, 3.05) is 18.5 Å². The van der Waals surface area contributed by atoms with Gasteiger partial charge in [0.05, 0.1) is 18.7 Å². The number of fused-ring (bicyclic) bond motifs is 1. The minimum atomic E-state index is -0.722. The number of carbonyl (C=O) groups is 2. The molecule has 2 aromatic rings. The molecule has 0 unspecified atom stereocenters. The van der Waals surface area contributed by atoms with Gasteiger partial charge in [0, 0.05) is 23.5 Å². The fraction of sp³-hybridized carbons (Fsp3) is 0.278. The molecular formula is C18H20N2O4. The van der Waals surface area contributed by atoms with Crippen molar-refractivity contribution in [3.8, 4) is 0 Å². The highest BCUT2D eigenvalue weighted by molar-refractivity contribution is 6.14. The molecule has 24 heavy (non-hydrogen) atoms. The molecule has 0 aliphatic carbocycles. The maximum absolute atomic E-state index is 11.9. The first-order chi connectivity index (χ1) is 11.6. The Labute approximate surface area is 140 Å². The lowest BCUT2D eigenvalue weighted by molar-refractivity contribution is -0.146. The summed E-state index contributed by atoms with van der Waals surface area (Å²) in [5.41, 5.74) is 2.33. The van der Waals surface area contributed by atoms with Crippen molar-refractivity contribution in [1.29, 1.82) is 0 Å². The Morgan fingerprint density at radius 1 is 1.12 bits per heavy atom. The third-order valence-corrected chi connectivity index (χ3v) is 3.39. The van der Waals surface area contributed by atoms with Gasteiger partial charge in [0.25, 0.3) is 0 Å². The van der Waals surface area contributed by atoms with E-state index in [2.05, 4.69) is 10.3 Å². The third-order valence-electron chi connectivity index (χ3n) is 3.39. The molecule has 1 heterocycles. The molecular weight excluding hydrogens is 308 g/mol. The van der Waals surface area contributed by atoms with E-state index in [0.717, 1.165) is 22.2 Å². The molecule has 0 saturated heterocycles. The number of hydrogen-bond donors (Lipinski definition) is 1. The summed E-state index contributed by atoms with van der Waals surface area (Å²) in [5, 5.41) is 3.99. The zero-order valence-electron chi connectivity index (χ0n) is 14.0. The van der Waals surface area contributed by atoms with E-state index < -0.39 is 11.9 Å². The van der Waals surface area contributed by atoms with E-state index in [9.17, 15) is 9.59 Å². The zero-order valence-corrected chi connectivity index (χ0v) is 14.0. The number of carbonyl (C=O) groups excluding carboxylic acids is 2. The van der Waals surface area contributed by atoms with Crippen molar-refractivity contribution >= 4 is 28.5 Å². The van der Waals surface area contributed by atoms with Gasteiger partial charge in [-0.25, -0.2) is 9.59 Å². The molecule has 1 aromatic heterocycles. The molecule has 0 radical (unpaired) electrons. The van der Waals surface area contributed by atoms with Crippen LogP contribution in [0, 0.1) is 6.92 Å². The third kappa shape index (κ3) is 3.90. The maximum Gasteiger partial charge on any atom is 0.347 e. The highest BCUT2D eigenvalue weighted by Crippen LogP contribution is 2.23. The lowest BCUT2D eigenvalue weighted by Crippen LogP contribution is -2.19. The van der Waals surface area contributed by atoms with E-state index in [1.165, 1.54) is 6.20 Å². The van der Waals surface area contributed by atoms with E-state index in [4.69, 9.17) is 9.47 Å². The Morgan fingerprint density at radius 2 is 1.79 bits per heavy atom. The normalized spacial score (nSPS) is 10.1. The Kier molecular flexibility index (Phi) is 5.89. The first-order valence-corrected chi connectivity index (χ1v) is 7.73. The van der Waals surface area contributed by atoms with Crippen LogP contribution in [-0.4, -0.2) is 30.1 Å².